The summed E-state index contributed by atoms with van der Waals surface area (Å²) in [7, 11) is 1.67. The number of hydrogen-bond acceptors (Lipinski definition) is 5. The van der Waals surface area contributed by atoms with Crippen LogP contribution in [0.3, 0.4) is 0 Å². The summed E-state index contributed by atoms with van der Waals surface area (Å²) in [6, 6.07) is 20.2. The van der Waals surface area contributed by atoms with E-state index in [1.807, 2.05) is 50.2 Å². The van der Waals surface area contributed by atoms with Gasteiger partial charge in [-0.1, -0.05) is 44.2 Å². The molecule has 8 nitrogen and oxygen atoms in total. The number of carbonyl (C=O) groups is 3. The third-order valence-electron chi connectivity index (χ3n) is 7.19. The van der Waals surface area contributed by atoms with Gasteiger partial charge < -0.3 is 24.3 Å². The highest BCUT2D eigenvalue weighted by atomic mass is 19.1. The highest BCUT2D eigenvalue weighted by Crippen LogP contribution is 2.41. The molecule has 5 rings (SSSR count). The van der Waals surface area contributed by atoms with Gasteiger partial charge >= 0.3 is 12.1 Å². The van der Waals surface area contributed by atoms with E-state index in [0.29, 0.717) is 29.1 Å². The van der Waals surface area contributed by atoms with E-state index in [4.69, 9.17) is 9.47 Å². The number of ether oxygens (including phenoxy) is 2. The van der Waals surface area contributed by atoms with Gasteiger partial charge in [0.05, 0.1) is 17.9 Å². The number of esters is 1. The molecule has 42 heavy (non-hydrogen) atoms. The van der Waals surface area contributed by atoms with E-state index in [0.717, 1.165) is 16.5 Å². The molecule has 1 N–H and O–H groups in total. The minimum absolute atomic E-state index is 0.150. The first-order chi connectivity index (χ1) is 20.1. The summed E-state index contributed by atoms with van der Waals surface area (Å²) in [6.45, 7) is 6.47. The number of aromatic amines is 1. The summed E-state index contributed by atoms with van der Waals surface area (Å²) in [5, 5.41) is 0.818. The zero-order chi connectivity index (χ0) is 30.0. The number of halogens is 1. The van der Waals surface area contributed by atoms with Crippen molar-refractivity contribution in [2.75, 3.05) is 20.2 Å². The van der Waals surface area contributed by atoms with Crippen LogP contribution in [0.5, 0.6) is 5.75 Å². The average Bonchev–Trinajstić information content (AvgIpc) is 3.30. The van der Waals surface area contributed by atoms with E-state index in [1.165, 1.54) is 40.3 Å². The topological polar surface area (TPSA) is 91.9 Å². The summed E-state index contributed by atoms with van der Waals surface area (Å²) in [5.74, 6) is -1.06. The monoisotopic (exact) mass is 569 g/mol. The summed E-state index contributed by atoms with van der Waals surface area (Å²) in [4.78, 5) is 45.8. The fraction of sp³-hybridized carbons (Fsp3) is 0.242. The summed E-state index contributed by atoms with van der Waals surface area (Å²) >= 11 is 0. The molecule has 4 aromatic rings. The van der Waals surface area contributed by atoms with E-state index >= 15 is 0 Å². The fourth-order valence-electron chi connectivity index (χ4n) is 5.27. The van der Waals surface area contributed by atoms with Crippen molar-refractivity contribution < 1.29 is 28.2 Å². The first-order valence-electron chi connectivity index (χ1n) is 13.7. The third-order valence-corrected chi connectivity index (χ3v) is 7.19. The molecule has 0 radical (unpaired) electrons. The fourth-order valence-corrected chi connectivity index (χ4v) is 5.27. The van der Waals surface area contributed by atoms with Crippen LogP contribution in [-0.4, -0.2) is 53.0 Å². The normalized spacial score (nSPS) is 14.0. The van der Waals surface area contributed by atoms with Crippen molar-refractivity contribution in [2.45, 2.75) is 32.7 Å². The molecule has 0 aliphatic carbocycles. The molecule has 1 aliphatic rings. The molecule has 0 atom stereocenters. The third kappa shape index (κ3) is 5.76. The Hall–Kier alpha value is -4.92. The van der Waals surface area contributed by atoms with Crippen molar-refractivity contribution in [3.63, 3.8) is 0 Å². The molecule has 0 saturated carbocycles. The Labute approximate surface area is 243 Å². The number of H-pyrrole nitrogens is 1. The van der Waals surface area contributed by atoms with Crippen LogP contribution in [-0.2, 0) is 21.5 Å². The summed E-state index contributed by atoms with van der Waals surface area (Å²) in [5.41, 5.74) is 2.85. The van der Waals surface area contributed by atoms with Crippen LogP contribution >= 0.6 is 0 Å². The van der Waals surface area contributed by atoms with Gasteiger partial charge in [0.25, 0.3) is 5.91 Å². The molecule has 9 heteroatoms. The average molecular weight is 570 g/mol. The van der Waals surface area contributed by atoms with Crippen molar-refractivity contribution in [1.82, 2.24) is 14.8 Å². The molecular formula is C33H32FN3O5. The minimum atomic E-state index is -0.623. The maximum absolute atomic E-state index is 13.5. The Kier molecular flexibility index (Phi) is 7.85. The van der Waals surface area contributed by atoms with Crippen LogP contribution in [0, 0.1) is 5.82 Å². The molecule has 0 fully saturated rings. The zero-order valence-corrected chi connectivity index (χ0v) is 23.9. The van der Waals surface area contributed by atoms with E-state index in [1.54, 1.807) is 26.1 Å². The number of amides is 2. The van der Waals surface area contributed by atoms with Gasteiger partial charge in [-0.2, -0.15) is 0 Å². The van der Waals surface area contributed by atoms with Gasteiger partial charge in [0.1, 0.15) is 11.6 Å². The van der Waals surface area contributed by atoms with Crippen LogP contribution < -0.4 is 4.74 Å². The Balaban J connectivity index is 1.50. The maximum Gasteiger partial charge on any atom is 0.415 e. The summed E-state index contributed by atoms with van der Waals surface area (Å²) in [6.07, 6.45) is 0.986. The Morgan fingerprint density at radius 2 is 1.74 bits per heavy atom. The molecule has 216 valence electrons. The predicted molar refractivity (Wildman–Crippen MR) is 157 cm³/mol. The lowest BCUT2D eigenvalue weighted by molar-refractivity contribution is -0.136. The molecule has 3 aromatic carbocycles. The molecule has 1 aromatic heterocycles. The molecule has 0 saturated heterocycles. The lowest BCUT2D eigenvalue weighted by Gasteiger charge is -2.29. The van der Waals surface area contributed by atoms with Gasteiger partial charge in [0.2, 0.25) is 0 Å². The predicted octanol–water partition coefficient (Wildman–Crippen LogP) is 6.28. The van der Waals surface area contributed by atoms with Crippen molar-refractivity contribution in [1.29, 1.82) is 0 Å². The van der Waals surface area contributed by atoms with E-state index in [9.17, 15) is 18.8 Å². The number of rotatable bonds is 6. The van der Waals surface area contributed by atoms with Crippen LogP contribution in [0.25, 0.3) is 16.5 Å². The molecule has 0 spiro atoms. The van der Waals surface area contributed by atoms with Crippen LogP contribution in [0.1, 0.15) is 48.0 Å². The minimum Gasteiger partial charge on any atom is -0.462 e. The Bertz CT molecular complexity index is 1680. The van der Waals surface area contributed by atoms with Gasteiger partial charge in [0, 0.05) is 54.3 Å². The lowest BCUT2D eigenvalue weighted by atomic mass is 9.81. The number of nitrogens with zero attached hydrogens (tertiary/aromatic N) is 2. The van der Waals surface area contributed by atoms with E-state index in [2.05, 4.69) is 4.98 Å². The van der Waals surface area contributed by atoms with E-state index in [-0.39, 0.29) is 24.6 Å². The number of nitrogens with one attached hydrogen (secondary N) is 1. The second kappa shape index (κ2) is 11.5. The molecule has 2 heterocycles. The highest BCUT2D eigenvalue weighted by molar-refractivity contribution is 6.18. The number of carbonyl (C=O) groups excluding carboxylic acids is 3. The Morgan fingerprint density at radius 3 is 2.43 bits per heavy atom. The van der Waals surface area contributed by atoms with Gasteiger partial charge in [-0.15, -0.1) is 0 Å². The van der Waals surface area contributed by atoms with Gasteiger partial charge in [-0.05, 0) is 54.4 Å². The lowest BCUT2D eigenvalue weighted by Crippen LogP contribution is -2.37. The second-order valence-electron chi connectivity index (χ2n) is 10.9. The maximum atomic E-state index is 13.5. The smallest absolute Gasteiger partial charge is 0.415 e. The van der Waals surface area contributed by atoms with Gasteiger partial charge in [-0.3, -0.25) is 4.79 Å². The molecule has 0 unspecified atom stereocenters. The highest BCUT2D eigenvalue weighted by Gasteiger charge is 2.37. The molecular weight excluding hydrogens is 537 g/mol. The molecule has 1 aliphatic heterocycles. The first kappa shape index (κ1) is 28.6. The van der Waals surface area contributed by atoms with Crippen molar-refractivity contribution in [3.05, 3.63) is 107 Å². The molecule has 2 amide bonds. The standard InChI is InChI=1S/C33H32FN3O5/c1-5-41-31(39)26-19-37(30(38)22-11-13-23(34)14-12-22)20-33(2,3)28-25-16-15-24(17-27(25)35-29(26)28)42-32(40)36(4)18-21-9-7-6-8-10-21/h6-17,19,35H,5,18,20H2,1-4H3. The largest absolute Gasteiger partial charge is 0.462 e. The van der Waals surface area contributed by atoms with Crippen LogP contribution in [0.15, 0.2) is 79.0 Å². The molecule has 0 bridgehead atoms. The van der Waals surface area contributed by atoms with Crippen LogP contribution in [0.2, 0.25) is 0 Å². The van der Waals surface area contributed by atoms with Crippen LogP contribution in [0.4, 0.5) is 9.18 Å². The van der Waals surface area contributed by atoms with Gasteiger partial charge in [0.15, 0.2) is 0 Å². The number of benzene rings is 3. The number of hydrogen-bond donors (Lipinski definition) is 1. The number of aromatic nitrogens is 1. The van der Waals surface area contributed by atoms with Crippen molar-refractivity contribution in [2.24, 2.45) is 0 Å². The zero-order valence-electron chi connectivity index (χ0n) is 23.9. The number of fused-ring (bicyclic) bond motifs is 3. The first-order valence-corrected chi connectivity index (χ1v) is 13.7. The van der Waals surface area contributed by atoms with Crippen molar-refractivity contribution >= 4 is 34.4 Å². The SMILES string of the molecule is CCOC(=O)C1=CN(C(=O)c2ccc(F)cc2)CC(C)(C)c2c1[nH]c1cc(OC(=O)N(C)Cc3ccccc3)ccc21. The second-order valence-corrected chi connectivity index (χ2v) is 10.9. The van der Waals surface area contributed by atoms with Gasteiger partial charge in [-0.25, -0.2) is 14.0 Å². The van der Waals surface area contributed by atoms with E-state index < -0.39 is 23.3 Å². The quantitative estimate of drug-likeness (QED) is 0.276. The summed E-state index contributed by atoms with van der Waals surface area (Å²) < 4.78 is 24.5. The van der Waals surface area contributed by atoms with Crippen molar-refractivity contribution in [3.8, 4) is 5.75 Å². The Morgan fingerprint density at radius 1 is 1.02 bits per heavy atom.